The maximum absolute atomic E-state index is 12.6. The lowest BCUT2D eigenvalue weighted by molar-refractivity contribution is -0.274. The highest BCUT2D eigenvalue weighted by molar-refractivity contribution is 6.13. The van der Waals surface area contributed by atoms with Gasteiger partial charge in [0.1, 0.15) is 11.4 Å². The van der Waals surface area contributed by atoms with Crippen LogP contribution in [-0.4, -0.2) is 40.9 Å². The van der Waals surface area contributed by atoms with Crippen LogP contribution in [0.25, 0.3) is 33.1 Å². The molecule has 8 nitrogen and oxygen atoms in total. The molecule has 5 aromatic rings. The van der Waals surface area contributed by atoms with Gasteiger partial charge in [0.05, 0.1) is 23.9 Å². The third-order valence-electron chi connectivity index (χ3n) is 6.61. The van der Waals surface area contributed by atoms with E-state index >= 15 is 0 Å². The Balaban J connectivity index is 1.27. The number of nitrogens with zero attached hydrogens (tertiary/aromatic N) is 2. The number of esters is 1. The number of H-pyrrole nitrogens is 1. The number of carbonyl (C=O) groups is 1. The molecule has 0 unspecified atom stereocenters. The number of hydrogen-bond acceptors (Lipinski definition) is 5. The van der Waals surface area contributed by atoms with E-state index < -0.39 is 12.3 Å². The highest BCUT2D eigenvalue weighted by atomic mass is 19.4. The summed E-state index contributed by atoms with van der Waals surface area (Å²) in [5.41, 5.74) is 4.65. The molecule has 1 fully saturated rings. The quantitative estimate of drug-likeness (QED) is 0.106. The Kier molecular flexibility index (Phi) is 7.15. The van der Waals surface area contributed by atoms with E-state index in [1.165, 1.54) is 24.3 Å². The van der Waals surface area contributed by atoms with Crippen molar-refractivity contribution in [2.45, 2.75) is 32.2 Å². The monoisotopic (exact) mass is 573 g/mol. The van der Waals surface area contributed by atoms with Gasteiger partial charge in [0.2, 0.25) is 5.96 Å². The average molecular weight is 574 g/mol. The topological polar surface area (TPSA) is 101 Å². The van der Waals surface area contributed by atoms with E-state index in [-0.39, 0.29) is 24.1 Å². The maximum Gasteiger partial charge on any atom is 0.573 e. The third kappa shape index (κ3) is 6.14. The SMILES string of the molecule is CCOC(=O)c1cc2c([nH]c3ccccc32)c(-c2ccc(NC(=NC3CC3)Nc3ccc(OC(F)(F)F)cc3)cc2)n1. The van der Waals surface area contributed by atoms with Gasteiger partial charge < -0.3 is 25.1 Å². The average Bonchev–Trinajstić information content (AvgIpc) is 3.70. The molecular formula is C31H26F3N5O3. The van der Waals surface area contributed by atoms with Crippen molar-refractivity contribution < 1.29 is 27.4 Å². The van der Waals surface area contributed by atoms with Crippen molar-refractivity contribution in [3.8, 4) is 17.0 Å². The number of alkyl halides is 3. The standard InChI is InChI=1S/C31H26F3N5O3/c1-2-41-29(40)26-17-24-23-5-3-4-6-25(23)38-28(24)27(39-26)18-7-9-19(10-8-18)35-30(36-20-11-12-20)37-21-13-15-22(16-14-21)42-31(32,33)34/h3-10,13-17,20,38H,2,11-12H2,1H3,(H2,35,36,37). The van der Waals surface area contributed by atoms with E-state index in [0.29, 0.717) is 17.3 Å². The Bertz CT molecular complexity index is 1780. The van der Waals surface area contributed by atoms with Crippen molar-refractivity contribution in [3.05, 3.63) is 84.6 Å². The van der Waals surface area contributed by atoms with Gasteiger partial charge in [-0.05, 0) is 68.3 Å². The number of pyridine rings is 1. The van der Waals surface area contributed by atoms with Crippen molar-refractivity contribution in [2.24, 2.45) is 4.99 Å². The zero-order valence-corrected chi connectivity index (χ0v) is 22.5. The first kappa shape index (κ1) is 27.1. The summed E-state index contributed by atoms with van der Waals surface area (Å²) < 4.78 is 46.7. The fourth-order valence-electron chi connectivity index (χ4n) is 4.57. The van der Waals surface area contributed by atoms with Crippen molar-refractivity contribution >= 4 is 45.1 Å². The molecule has 42 heavy (non-hydrogen) atoms. The van der Waals surface area contributed by atoms with Crippen LogP contribution in [0.2, 0.25) is 0 Å². The molecule has 0 amide bonds. The number of nitrogens with one attached hydrogen (secondary N) is 3. The molecule has 6 rings (SSSR count). The predicted molar refractivity (Wildman–Crippen MR) is 156 cm³/mol. The summed E-state index contributed by atoms with van der Waals surface area (Å²) in [6.07, 6.45) is -2.82. The normalized spacial score (nSPS) is 13.8. The number of carbonyl (C=O) groups excluding carboxylic acids is 1. The number of rotatable bonds is 7. The Hall–Kier alpha value is -5.06. The van der Waals surface area contributed by atoms with Gasteiger partial charge in [-0.2, -0.15) is 0 Å². The summed E-state index contributed by atoms with van der Waals surface area (Å²) in [4.78, 5) is 25.4. The summed E-state index contributed by atoms with van der Waals surface area (Å²) in [6, 6.07) is 22.7. The Morgan fingerprint density at radius 2 is 1.64 bits per heavy atom. The van der Waals surface area contributed by atoms with Crippen LogP contribution in [-0.2, 0) is 4.74 Å². The van der Waals surface area contributed by atoms with E-state index in [4.69, 9.17) is 4.74 Å². The smallest absolute Gasteiger partial charge is 0.461 e. The van der Waals surface area contributed by atoms with Crippen LogP contribution < -0.4 is 15.4 Å². The largest absolute Gasteiger partial charge is 0.573 e. The molecule has 3 N–H and O–H groups in total. The first-order valence-electron chi connectivity index (χ1n) is 13.4. The van der Waals surface area contributed by atoms with Gasteiger partial charge in [-0.1, -0.05) is 30.3 Å². The number of hydrogen-bond donors (Lipinski definition) is 3. The molecule has 0 saturated heterocycles. The molecule has 11 heteroatoms. The van der Waals surface area contributed by atoms with Crippen molar-refractivity contribution in [1.82, 2.24) is 9.97 Å². The lowest BCUT2D eigenvalue weighted by Crippen LogP contribution is -2.23. The number of aromatic nitrogens is 2. The van der Waals surface area contributed by atoms with Crippen molar-refractivity contribution in [3.63, 3.8) is 0 Å². The Morgan fingerprint density at radius 3 is 2.29 bits per heavy atom. The molecule has 0 bridgehead atoms. The summed E-state index contributed by atoms with van der Waals surface area (Å²) in [6.45, 7) is 1.99. The number of ether oxygens (including phenoxy) is 2. The predicted octanol–water partition coefficient (Wildman–Crippen LogP) is 7.50. The van der Waals surface area contributed by atoms with Crippen LogP contribution in [0.1, 0.15) is 30.3 Å². The van der Waals surface area contributed by atoms with E-state index in [0.717, 1.165) is 45.9 Å². The second-order valence-corrected chi connectivity index (χ2v) is 9.78. The fraction of sp³-hybridized carbons (Fsp3) is 0.194. The summed E-state index contributed by atoms with van der Waals surface area (Å²) in [5, 5.41) is 8.25. The van der Waals surface area contributed by atoms with Crippen LogP contribution in [0.5, 0.6) is 5.75 Å². The van der Waals surface area contributed by atoms with Gasteiger partial charge in [-0.3, -0.25) is 0 Å². The third-order valence-corrected chi connectivity index (χ3v) is 6.61. The molecule has 0 spiro atoms. The van der Waals surface area contributed by atoms with Crippen LogP contribution in [0, 0.1) is 0 Å². The number of guanidine groups is 1. The molecule has 3 aromatic carbocycles. The molecular weight excluding hydrogens is 547 g/mol. The first-order valence-corrected chi connectivity index (χ1v) is 13.4. The van der Waals surface area contributed by atoms with Crippen LogP contribution in [0.3, 0.4) is 0 Å². The van der Waals surface area contributed by atoms with Gasteiger partial charge in [0.15, 0.2) is 0 Å². The zero-order chi connectivity index (χ0) is 29.3. The molecule has 0 radical (unpaired) electrons. The van der Waals surface area contributed by atoms with Gasteiger partial charge in [-0.15, -0.1) is 13.2 Å². The Morgan fingerprint density at radius 1 is 0.976 bits per heavy atom. The second kappa shape index (κ2) is 11.1. The number of aromatic amines is 1. The number of halogens is 3. The number of anilines is 2. The first-order chi connectivity index (χ1) is 20.3. The number of benzene rings is 3. The molecule has 1 aliphatic rings. The highest BCUT2D eigenvalue weighted by Crippen LogP contribution is 2.33. The van der Waals surface area contributed by atoms with E-state index in [2.05, 4.69) is 30.3 Å². The summed E-state index contributed by atoms with van der Waals surface area (Å²) >= 11 is 0. The van der Waals surface area contributed by atoms with Crippen molar-refractivity contribution in [1.29, 1.82) is 0 Å². The van der Waals surface area contributed by atoms with Gasteiger partial charge in [0, 0.05) is 33.2 Å². The van der Waals surface area contributed by atoms with Gasteiger partial charge in [-0.25, -0.2) is 14.8 Å². The lowest BCUT2D eigenvalue weighted by atomic mass is 10.1. The molecule has 2 aromatic heterocycles. The van der Waals surface area contributed by atoms with Crippen LogP contribution in [0.15, 0.2) is 83.9 Å². The molecule has 214 valence electrons. The highest BCUT2D eigenvalue weighted by Gasteiger charge is 2.31. The van der Waals surface area contributed by atoms with Gasteiger partial charge in [0.25, 0.3) is 0 Å². The number of para-hydroxylation sites is 1. The van der Waals surface area contributed by atoms with Crippen LogP contribution in [0.4, 0.5) is 24.5 Å². The zero-order valence-electron chi connectivity index (χ0n) is 22.5. The van der Waals surface area contributed by atoms with E-state index in [9.17, 15) is 18.0 Å². The molecule has 1 saturated carbocycles. The maximum atomic E-state index is 12.6. The second-order valence-electron chi connectivity index (χ2n) is 9.78. The van der Waals surface area contributed by atoms with Crippen LogP contribution >= 0.6 is 0 Å². The number of fused-ring (bicyclic) bond motifs is 3. The van der Waals surface area contributed by atoms with Gasteiger partial charge >= 0.3 is 12.3 Å². The summed E-state index contributed by atoms with van der Waals surface area (Å²) in [7, 11) is 0. The minimum atomic E-state index is -4.75. The fourth-order valence-corrected chi connectivity index (χ4v) is 4.57. The van der Waals surface area contributed by atoms with E-state index in [1.807, 2.05) is 48.5 Å². The number of aliphatic imine (C=N–C) groups is 1. The minimum Gasteiger partial charge on any atom is -0.461 e. The molecule has 0 atom stereocenters. The molecule has 2 heterocycles. The Labute approximate surface area is 238 Å². The van der Waals surface area contributed by atoms with Crippen molar-refractivity contribution in [2.75, 3.05) is 17.2 Å². The minimum absolute atomic E-state index is 0.178. The van der Waals surface area contributed by atoms with E-state index in [1.54, 1.807) is 13.0 Å². The molecule has 0 aliphatic heterocycles. The summed E-state index contributed by atoms with van der Waals surface area (Å²) in [5.74, 6) is -0.327. The molecule has 1 aliphatic carbocycles. The lowest BCUT2D eigenvalue weighted by Gasteiger charge is -2.14.